The lowest BCUT2D eigenvalue weighted by molar-refractivity contribution is -0.140. The van der Waals surface area contributed by atoms with Crippen molar-refractivity contribution in [1.82, 2.24) is 10.7 Å². The highest BCUT2D eigenvalue weighted by Crippen LogP contribution is 2.11. The minimum Gasteiger partial charge on any atom is -0.481 e. The van der Waals surface area contributed by atoms with Crippen LogP contribution in [0.4, 0.5) is 0 Å². The summed E-state index contributed by atoms with van der Waals surface area (Å²) in [5.74, 6) is 2.66. The predicted molar refractivity (Wildman–Crippen MR) is 207 cm³/mol. The molecular weight excluding hydrogens is 598 g/mol. The Morgan fingerprint density at radius 1 is 0.521 bits per heavy atom. The average Bonchev–Trinajstić information content (AvgIpc) is 3.07. The van der Waals surface area contributed by atoms with Crippen molar-refractivity contribution in [2.45, 2.75) is 213 Å². The normalized spacial score (nSPS) is 12.1. The molecule has 7 heteroatoms. The average molecular weight is 680 g/mol. The number of hydrogen-bond donors (Lipinski definition) is 5. The molecule has 0 aliphatic rings. The highest BCUT2D eigenvalue weighted by Gasteiger charge is 2.15. The molecule has 48 heavy (non-hydrogen) atoms. The summed E-state index contributed by atoms with van der Waals surface area (Å²) in [6.07, 6.45) is 48.6. The van der Waals surface area contributed by atoms with Crippen molar-refractivity contribution in [2.75, 3.05) is 13.1 Å². The van der Waals surface area contributed by atoms with Gasteiger partial charge in [0, 0.05) is 6.42 Å². The van der Waals surface area contributed by atoms with Crippen molar-refractivity contribution in [3.63, 3.8) is 0 Å². The molecule has 0 saturated heterocycles. The fourth-order valence-electron chi connectivity index (χ4n) is 5.67. The Bertz CT molecular complexity index is 674. The fraction of sp³-hybridized carbons (Fsp3) is 0.854. The molecular formula is C41H81N3O4. The number of unbranched alkanes of at least 4 members (excludes halogenated alkanes) is 24. The van der Waals surface area contributed by atoms with Crippen LogP contribution in [0.5, 0.6) is 0 Å². The van der Waals surface area contributed by atoms with Crippen molar-refractivity contribution in [1.29, 1.82) is 0 Å². The minimum absolute atomic E-state index is 0.0127. The predicted octanol–water partition coefficient (Wildman–Crippen LogP) is 11.4. The number of carboxylic acids is 2. The summed E-state index contributed by atoms with van der Waals surface area (Å²) < 4.78 is 0. The summed E-state index contributed by atoms with van der Waals surface area (Å²) in [4.78, 5) is 20.2. The number of carboxylic acid groups (broad SMARTS) is 2. The Morgan fingerprint density at radius 3 is 1.12 bits per heavy atom. The van der Waals surface area contributed by atoms with Crippen LogP contribution in [0.2, 0.25) is 0 Å². The molecule has 0 radical (unpaired) electrons. The number of aliphatic carboxylic acids is 2. The largest absolute Gasteiger partial charge is 0.481 e. The van der Waals surface area contributed by atoms with Gasteiger partial charge >= 0.3 is 11.9 Å². The molecule has 0 rings (SSSR count). The highest BCUT2D eigenvalue weighted by molar-refractivity contribution is 5.74. The van der Waals surface area contributed by atoms with Gasteiger partial charge in [-0.2, -0.15) is 0 Å². The van der Waals surface area contributed by atoms with Gasteiger partial charge in [-0.25, -0.2) is 5.43 Å². The lowest BCUT2D eigenvalue weighted by Gasteiger charge is -2.07. The number of hydrogen-bond acceptors (Lipinski definition) is 5. The van der Waals surface area contributed by atoms with Crippen molar-refractivity contribution in [3.8, 4) is 0 Å². The van der Waals surface area contributed by atoms with E-state index in [4.69, 9.17) is 16.1 Å². The summed E-state index contributed by atoms with van der Waals surface area (Å²) >= 11 is 0. The van der Waals surface area contributed by atoms with Gasteiger partial charge in [0.1, 0.15) is 6.04 Å². The Morgan fingerprint density at radius 2 is 0.833 bits per heavy atom. The number of nitrogens with two attached hydrogens (primary N) is 1. The third-order valence-corrected chi connectivity index (χ3v) is 8.88. The summed E-state index contributed by atoms with van der Waals surface area (Å²) in [6, 6.07) is -0.980. The van der Waals surface area contributed by atoms with Gasteiger partial charge in [0.2, 0.25) is 0 Å². The molecule has 0 aliphatic heterocycles. The van der Waals surface area contributed by atoms with Crippen LogP contribution < -0.4 is 16.6 Å². The fourth-order valence-corrected chi connectivity index (χ4v) is 5.67. The Balaban J connectivity index is 0. The van der Waals surface area contributed by atoms with Crippen molar-refractivity contribution >= 4 is 11.9 Å². The molecule has 0 aliphatic carbocycles. The monoisotopic (exact) mass is 680 g/mol. The van der Waals surface area contributed by atoms with E-state index in [0.29, 0.717) is 0 Å². The smallest absolute Gasteiger partial charge is 0.322 e. The van der Waals surface area contributed by atoms with Crippen LogP contribution in [0.1, 0.15) is 206 Å². The topological polar surface area (TPSA) is 125 Å². The Hall–Kier alpha value is -1.70. The Labute approximate surface area is 297 Å². The first kappa shape index (κ1) is 48.4. The van der Waals surface area contributed by atoms with E-state index in [0.717, 1.165) is 0 Å². The third kappa shape index (κ3) is 44.3. The van der Waals surface area contributed by atoms with Gasteiger partial charge in [0.15, 0.2) is 0 Å². The zero-order valence-electron chi connectivity index (χ0n) is 31.8. The lowest BCUT2D eigenvalue weighted by Crippen LogP contribution is -2.41. The first-order chi connectivity index (χ1) is 23.5. The van der Waals surface area contributed by atoms with Gasteiger partial charge in [0.25, 0.3) is 0 Å². The Kier molecular flexibility index (Phi) is 43.7. The molecule has 1 atom stereocenters. The molecule has 6 N–H and O–H groups in total. The lowest BCUT2D eigenvalue weighted by atomic mass is 10.1. The molecule has 1 unspecified atom stereocenters. The first-order valence-electron chi connectivity index (χ1n) is 20.4. The molecule has 0 saturated carbocycles. The van der Waals surface area contributed by atoms with Gasteiger partial charge in [-0.1, -0.05) is 154 Å². The van der Waals surface area contributed by atoms with Crippen molar-refractivity contribution < 1.29 is 19.8 Å². The van der Waals surface area contributed by atoms with E-state index >= 15 is 0 Å². The van der Waals surface area contributed by atoms with E-state index < -0.39 is 18.0 Å². The number of allylic oxidation sites excluding steroid dienone is 4. The summed E-state index contributed by atoms with van der Waals surface area (Å²) in [5.41, 5.74) is 1.99. The van der Waals surface area contributed by atoms with E-state index in [2.05, 4.69) is 43.5 Å². The van der Waals surface area contributed by atoms with E-state index in [1.54, 1.807) is 0 Å². The maximum atomic E-state index is 10.2. The second kappa shape index (κ2) is 43.3. The molecule has 284 valence electrons. The van der Waals surface area contributed by atoms with E-state index in [9.17, 15) is 9.59 Å². The van der Waals surface area contributed by atoms with Gasteiger partial charge in [-0.3, -0.25) is 15.4 Å². The van der Waals surface area contributed by atoms with Crippen LogP contribution >= 0.6 is 0 Å². The third-order valence-electron chi connectivity index (χ3n) is 8.88. The van der Waals surface area contributed by atoms with Gasteiger partial charge in [-0.05, 0) is 83.7 Å². The summed E-state index contributed by atoms with van der Waals surface area (Å²) in [5, 5.41) is 20.2. The second-order valence-electron chi connectivity index (χ2n) is 13.6. The van der Waals surface area contributed by atoms with Gasteiger partial charge in [0.05, 0.1) is 0 Å². The van der Waals surface area contributed by atoms with Crippen LogP contribution in [0.3, 0.4) is 0 Å². The molecule has 0 aromatic heterocycles. The van der Waals surface area contributed by atoms with Crippen LogP contribution in [0.25, 0.3) is 0 Å². The number of carbonyl (C=O) groups is 2. The zero-order valence-corrected chi connectivity index (χ0v) is 31.8. The van der Waals surface area contributed by atoms with Gasteiger partial charge in [-0.15, -0.1) is 0 Å². The van der Waals surface area contributed by atoms with Crippen LogP contribution in [0.15, 0.2) is 24.3 Å². The second-order valence-corrected chi connectivity index (χ2v) is 13.6. The van der Waals surface area contributed by atoms with E-state index in [-0.39, 0.29) is 12.8 Å². The molecule has 0 aromatic carbocycles. The van der Waals surface area contributed by atoms with Crippen molar-refractivity contribution in [3.05, 3.63) is 24.3 Å². The van der Waals surface area contributed by atoms with E-state index in [1.165, 1.54) is 193 Å². The van der Waals surface area contributed by atoms with Crippen LogP contribution in [-0.2, 0) is 9.59 Å². The highest BCUT2D eigenvalue weighted by atomic mass is 16.4. The first-order valence-corrected chi connectivity index (χ1v) is 20.4. The molecule has 0 spiro atoms. The molecule has 0 fully saturated rings. The number of nitrogens with one attached hydrogen (secondary N) is 2. The SMILES string of the molecule is CCCCCCCC/C=C\CCCCCCCCNCCCCCCCC/C=C\CCCCCCCC.NNC(CCC(=O)O)C(=O)O. The van der Waals surface area contributed by atoms with Crippen LogP contribution in [0, 0.1) is 0 Å². The molecule has 7 nitrogen and oxygen atoms in total. The minimum atomic E-state index is -1.14. The molecule has 0 amide bonds. The standard InChI is InChI=1S/C36H71N.C5H10N2O4/c1-3-5-7-9-11-13-15-17-19-21-23-25-27-29-31-33-35-37-36-34-32-30-28-26-24-22-20-18-16-14-12-10-8-6-4-2;6-7-3(5(10)11)1-2-4(8)9/h17-20,37H,3-16,21-36H2,1-2H3;3,7H,1-2,6H2,(H,8,9)(H,10,11)/b19-17-,20-18-;. The van der Waals surface area contributed by atoms with Gasteiger partial charge < -0.3 is 15.5 Å². The molecule has 0 bridgehead atoms. The summed E-state index contributed by atoms with van der Waals surface area (Å²) in [7, 11) is 0. The molecule has 0 heterocycles. The zero-order chi connectivity index (χ0) is 35.6. The maximum Gasteiger partial charge on any atom is 0.322 e. The van der Waals surface area contributed by atoms with Crippen LogP contribution in [-0.4, -0.2) is 41.3 Å². The van der Waals surface area contributed by atoms with Crippen molar-refractivity contribution in [2.24, 2.45) is 5.84 Å². The van der Waals surface area contributed by atoms with E-state index in [1.807, 2.05) is 5.43 Å². The maximum absolute atomic E-state index is 10.2. The molecule has 0 aromatic rings. The quantitative estimate of drug-likeness (QED) is 0.0191. The number of rotatable bonds is 37. The number of hydrazine groups is 1. The summed E-state index contributed by atoms with van der Waals surface area (Å²) in [6.45, 7) is 7.04.